The van der Waals surface area contributed by atoms with E-state index in [0.29, 0.717) is 18.0 Å². The molecule has 1 N–H and O–H groups in total. The lowest BCUT2D eigenvalue weighted by Gasteiger charge is -2.16. The molecule has 1 aliphatic heterocycles. The third-order valence-electron chi connectivity index (χ3n) is 6.60. The first-order chi connectivity index (χ1) is 18.4. The summed E-state index contributed by atoms with van der Waals surface area (Å²) in [6, 6.07) is 24.2. The van der Waals surface area contributed by atoms with Crippen molar-refractivity contribution in [1.29, 1.82) is 0 Å². The molecule has 1 aromatic heterocycles. The Hall–Kier alpha value is -3.88. The summed E-state index contributed by atoms with van der Waals surface area (Å²) < 4.78 is 46.1. The molecule has 0 saturated carbocycles. The average Bonchev–Trinajstić information content (AvgIpc) is 3.44. The lowest BCUT2D eigenvalue weighted by Crippen LogP contribution is -2.36. The van der Waals surface area contributed by atoms with Crippen molar-refractivity contribution >= 4 is 33.0 Å². The summed E-state index contributed by atoms with van der Waals surface area (Å²) in [5.74, 6) is 1.86. The van der Waals surface area contributed by atoms with Crippen molar-refractivity contribution in [1.82, 2.24) is 0 Å². The second-order valence-electron chi connectivity index (χ2n) is 9.15. The molecule has 0 fully saturated rings. The van der Waals surface area contributed by atoms with Crippen LogP contribution in [-0.4, -0.2) is 25.3 Å². The van der Waals surface area contributed by atoms with Crippen LogP contribution in [0.25, 0.3) is 28.3 Å². The predicted octanol–water partition coefficient (Wildman–Crippen LogP) is 6.22. The quantitative estimate of drug-likeness (QED) is 0.204. The van der Waals surface area contributed by atoms with Crippen LogP contribution in [0, 0.1) is 0 Å². The highest BCUT2D eigenvalue weighted by Gasteiger charge is 2.27. The number of anilines is 1. The van der Waals surface area contributed by atoms with Crippen LogP contribution in [-0.2, 0) is 16.7 Å². The number of aromatic nitrogens is 1. The highest BCUT2D eigenvalue weighted by atomic mass is 32.2. The van der Waals surface area contributed by atoms with Crippen LogP contribution < -0.4 is 14.2 Å². The zero-order valence-electron chi connectivity index (χ0n) is 21.5. The topological polar surface area (TPSA) is 83.9 Å². The Kier molecular flexibility index (Phi) is 7.35. The van der Waals surface area contributed by atoms with E-state index in [2.05, 4.69) is 43.0 Å². The number of aryl methyl sites for hydroxylation is 1. The Balaban J connectivity index is 1.48. The van der Waals surface area contributed by atoms with Crippen molar-refractivity contribution in [3.63, 3.8) is 0 Å². The Morgan fingerprint density at radius 3 is 2.50 bits per heavy atom. The van der Waals surface area contributed by atoms with Crippen LogP contribution in [0.4, 0.5) is 5.69 Å². The number of nitrogens with zero attached hydrogens (tertiary/aromatic N) is 2. The van der Waals surface area contributed by atoms with E-state index < -0.39 is 10.1 Å². The minimum absolute atomic E-state index is 0.266. The molecule has 0 atom stereocenters. The monoisotopic (exact) mass is 531 g/mol. The summed E-state index contributed by atoms with van der Waals surface area (Å²) in [7, 11) is -4.03. The van der Waals surface area contributed by atoms with Crippen LogP contribution in [0.3, 0.4) is 0 Å². The summed E-state index contributed by atoms with van der Waals surface area (Å²) in [5.41, 5.74) is 5.89. The molecular formula is C30H31N2O5S+. The molecule has 196 valence electrons. The number of allylic oxidation sites excluding steroid dienone is 2. The van der Waals surface area contributed by atoms with E-state index in [9.17, 15) is 13.0 Å². The maximum Gasteiger partial charge on any atom is 0.374 e. The number of ether oxygens (including phenoxy) is 1. The standard InChI is InChI=1S/C30H30N2O5S/c1-3-22(20-30-32(17-10-18-38(33,34)35)25-13-8-9-14-27(25)36-30)19-29-31(4-2)26-21-24(15-16-28(26)37-29)23-11-6-5-7-12-23/h5-9,11-16,19-21H,3-4,10,17-18H2,1-2H3/p+1. The second-order valence-corrected chi connectivity index (χ2v) is 10.7. The maximum atomic E-state index is 11.3. The normalized spacial score (nSPS) is 14.8. The average molecular weight is 532 g/mol. The van der Waals surface area contributed by atoms with Gasteiger partial charge in [0.2, 0.25) is 11.5 Å². The second kappa shape index (κ2) is 10.8. The zero-order chi connectivity index (χ0) is 26.7. The van der Waals surface area contributed by atoms with Gasteiger partial charge in [-0.2, -0.15) is 13.0 Å². The highest BCUT2D eigenvalue weighted by Crippen LogP contribution is 2.41. The van der Waals surface area contributed by atoms with E-state index in [1.54, 1.807) is 0 Å². The first-order valence-corrected chi connectivity index (χ1v) is 14.4. The van der Waals surface area contributed by atoms with Crippen molar-refractivity contribution in [3.05, 3.63) is 96.2 Å². The SMILES string of the molecule is CCC(=C/c1oc2ccccc2[n+]1CCCS(=O)(=O)O)/C=C1\Oc2ccc(-c3ccccc3)cc2N1CC. The van der Waals surface area contributed by atoms with Gasteiger partial charge in [-0.1, -0.05) is 55.5 Å². The fourth-order valence-corrected chi connectivity index (χ4v) is 5.20. The summed E-state index contributed by atoms with van der Waals surface area (Å²) >= 11 is 0. The van der Waals surface area contributed by atoms with Gasteiger partial charge in [-0.05, 0) is 48.2 Å². The van der Waals surface area contributed by atoms with Crippen molar-refractivity contribution in [2.45, 2.75) is 33.2 Å². The number of oxazole rings is 1. The summed E-state index contributed by atoms with van der Waals surface area (Å²) in [6.07, 6.45) is 5.00. The minimum atomic E-state index is -4.03. The molecule has 0 bridgehead atoms. The molecule has 38 heavy (non-hydrogen) atoms. The summed E-state index contributed by atoms with van der Waals surface area (Å²) in [4.78, 5) is 2.16. The van der Waals surface area contributed by atoms with Gasteiger partial charge < -0.3 is 14.1 Å². The molecule has 1 aliphatic rings. The molecular weight excluding hydrogens is 500 g/mol. The van der Waals surface area contributed by atoms with Gasteiger partial charge in [-0.3, -0.25) is 4.55 Å². The number of para-hydroxylation sites is 2. The molecule has 3 aromatic carbocycles. The number of rotatable bonds is 9. The third kappa shape index (κ3) is 5.51. The van der Waals surface area contributed by atoms with Gasteiger partial charge in [0.25, 0.3) is 15.6 Å². The molecule has 5 rings (SSSR count). The summed E-state index contributed by atoms with van der Waals surface area (Å²) in [6.45, 7) is 5.30. The Morgan fingerprint density at radius 2 is 1.76 bits per heavy atom. The van der Waals surface area contributed by atoms with E-state index in [4.69, 9.17) is 9.15 Å². The number of fused-ring (bicyclic) bond motifs is 2. The lowest BCUT2D eigenvalue weighted by atomic mass is 10.0. The Morgan fingerprint density at radius 1 is 1.00 bits per heavy atom. The van der Waals surface area contributed by atoms with Crippen molar-refractivity contribution < 1.29 is 26.7 Å². The zero-order valence-corrected chi connectivity index (χ0v) is 22.3. The largest absolute Gasteiger partial charge is 0.439 e. The number of hydrogen-bond donors (Lipinski definition) is 1. The maximum absolute atomic E-state index is 11.3. The van der Waals surface area contributed by atoms with Gasteiger partial charge in [-0.25, -0.2) is 0 Å². The molecule has 0 amide bonds. The van der Waals surface area contributed by atoms with E-state index in [0.717, 1.165) is 52.5 Å². The van der Waals surface area contributed by atoms with Crippen molar-refractivity contribution in [2.75, 3.05) is 17.2 Å². The molecule has 0 aliphatic carbocycles. The van der Waals surface area contributed by atoms with E-state index in [1.165, 1.54) is 0 Å². The molecule has 0 unspecified atom stereocenters. The molecule has 0 spiro atoms. The summed E-state index contributed by atoms with van der Waals surface area (Å²) in [5, 5.41) is 0. The Bertz CT molecular complexity index is 1620. The van der Waals surface area contributed by atoms with Crippen molar-refractivity contribution in [2.24, 2.45) is 0 Å². The van der Waals surface area contributed by atoms with Crippen molar-refractivity contribution in [3.8, 4) is 16.9 Å². The van der Waals surface area contributed by atoms with Crippen LogP contribution in [0.15, 0.2) is 94.7 Å². The molecule has 2 heterocycles. The van der Waals surface area contributed by atoms with Crippen LogP contribution in [0.2, 0.25) is 0 Å². The van der Waals surface area contributed by atoms with E-state index in [1.807, 2.05) is 65.3 Å². The Labute approximate surface area is 223 Å². The highest BCUT2D eigenvalue weighted by molar-refractivity contribution is 7.85. The van der Waals surface area contributed by atoms with Gasteiger partial charge in [0, 0.05) is 25.1 Å². The fraction of sp³-hybridized carbons (Fsp3) is 0.233. The smallest absolute Gasteiger partial charge is 0.374 e. The fourth-order valence-electron chi connectivity index (χ4n) is 4.70. The van der Waals surface area contributed by atoms with Gasteiger partial charge in [0.1, 0.15) is 0 Å². The van der Waals surface area contributed by atoms with Crippen LogP contribution >= 0.6 is 0 Å². The van der Waals surface area contributed by atoms with Crippen LogP contribution in [0.1, 0.15) is 32.6 Å². The van der Waals surface area contributed by atoms with Gasteiger partial charge in [0.05, 0.1) is 17.5 Å². The predicted molar refractivity (Wildman–Crippen MR) is 149 cm³/mol. The number of hydrogen-bond acceptors (Lipinski definition) is 5. The van der Waals surface area contributed by atoms with E-state index in [-0.39, 0.29) is 12.2 Å². The lowest BCUT2D eigenvalue weighted by molar-refractivity contribution is -0.677. The third-order valence-corrected chi connectivity index (χ3v) is 7.40. The van der Waals surface area contributed by atoms with Gasteiger partial charge >= 0.3 is 5.89 Å². The van der Waals surface area contributed by atoms with E-state index >= 15 is 0 Å². The first-order valence-electron chi connectivity index (χ1n) is 12.8. The molecule has 0 radical (unpaired) electrons. The molecule has 4 aromatic rings. The molecule has 0 saturated heterocycles. The van der Waals surface area contributed by atoms with Gasteiger partial charge in [0.15, 0.2) is 12.3 Å². The number of benzene rings is 3. The first kappa shape index (κ1) is 25.8. The van der Waals surface area contributed by atoms with Gasteiger partial charge in [-0.15, -0.1) is 0 Å². The van der Waals surface area contributed by atoms with Crippen LogP contribution in [0.5, 0.6) is 5.75 Å². The molecule has 7 nitrogen and oxygen atoms in total. The minimum Gasteiger partial charge on any atom is -0.439 e. The molecule has 8 heteroatoms.